The lowest BCUT2D eigenvalue weighted by molar-refractivity contribution is 0.0319. The van der Waals surface area contributed by atoms with Gasteiger partial charge < -0.3 is 26.0 Å². The molecule has 36 heavy (non-hydrogen) atoms. The van der Waals surface area contributed by atoms with E-state index in [1.807, 2.05) is 18.2 Å². The first kappa shape index (κ1) is 25.7. The van der Waals surface area contributed by atoms with Gasteiger partial charge >= 0.3 is 6.09 Å². The molecular weight excluding hydrogens is 460 g/mol. The lowest BCUT2D eigenvalue weighted by Gasteiger charge is -2.22. The van der Waals surface area contributed by atoms with Crippen LogP contribution in [0, 0.1) is 0 Å². The van der Waals surface area contributed by atoms with E-state index in [0.29, 0.717) is 31.7 Å². The Morgan fingerprint density at radius 1 is 1.14 bits per heavy atom. The third kappa shape index (κ3) is 6.24. The Kier molecular flexibility index (Phi) is 7.65. The highest BCUT2D eigenvalue weighted by atomic mass is 16.6. The second-order valence-corrected chi connectivity index (χ2v) is 10.3. The number of benzene rings is 1. The fourth-order valence-electron chi connectivity index (χ4n) is 4.44. The highest BCUT2D eigenvalue weighted by Crippen LogP contribution is 2.27. The van der Waals surface area contributed by atoms with Crippen molar-refractivity contribution in [2.75, 3.05) is 11.5 Å². The molecule has 0 radical (unpaired) electrons. The minimum Gasteiger partial charge on any atom is -0.442 e. The van der Waals surface area contributed by atoms with E-state index in [9.17, 15) is 9.90 Å². The normalized spacial score (nSPS) is 19.0. The average Bonchev–Trinajstić information content (AvgIpc) is 3.37. The Balaban J connectivity index is 0.000000169. The molecule has 194 valence electrons. The largest absolute Gasteiger partial charge is 0.442 e. The number of carbonyl (C=O) groups is 1. The van der Waals surface area contributed by atoms with Gasteiger partial charge in [-0.3, -0.25) is 5.10 Å². The standard InChI is InChI=1S/C14H17N3O.C12H19N3O3/c15-14-12-8-11(6-7-13(12)16-17-14)18-9-10-4-2-1-3-5-10;1-12(2,3)18-11(17)15-10(13)8-6-7(16)4-5-9(8)14-15/h1-5,11H,6-9H2,(H3,15,16,17);7,16H,4-6,13H2,1-3H3. The van der Waals surface area contributed by atoms with E-state index in [-0.39, 0.29) is 11.9 Å². The number of carbonyl (C=O) groups excluding carboxylic acids is 1. The Labute approximate surface area is 211 Å². The Morgan fingerprint density at radius 3 is 2.61 bits per heavy atom. The van der Waals surface area contributed by atoms with Gasteiger partial charge in [-0.15, -0.1) is 4.68 Å². The Hall–Kier alpha value is -3.37. The van der Waals surface area contributed by atoms with Gasteiger partial charge in [-0.05, 0) is 52.0 Å². The Morgan fingerprint density at radius 2 is 1.89 bits per heavy atom. The molecule has 2 unspecified atom stereocenters. The summed E-state index contributed by atoms with van der Waals surface area (Å²) in [5.74, 6) is 0.899. The summed E-state index contributed by atoms with van der Waals surface area (Å²) in [4.78, 5) is 11.9. The molecule has 0 saturated heterocycles. The van der Waals surface area contributed by atoms with E-state index in [4.69, 9.17) is 20.9 Å². The van der Waals surface area contributed by atoms with Crippen LogP contribution in [0.25, 0.3) is 0 Å². The molecule has 10 nitrogen and oxygen atoms in total. The number of aliphatic hydroxyl groups is 1. The molecule has 2 aromatic heterocycles. The number of nitrogens with one attached hydrogen (secondary N) is 1. The number of hydrogen-bond donors (Lipinski definition) is 4. The van der Waals surface area contributed by atoms with Crippen molar-refractivity contribution in [1.29, 1.82) is 0 Å². The maximum absolute atomic E-state index is 11.9. The van der Waals surface area contributed by atoms with Crippen molar-refractivity contribution >= 4 is 17.7 Å². The van der Waals surface area contributed by atoms with Gasteiger partial charge in [0.05, 0.1) is 24.5 Å². The molecule has 0 fully saturated rings. The number of H-pyrrole nitrogens is 1. The predicted molar refractivity (Wildman–Crippen MR) is 136 cm³/mol. The number of aliphatic hydroxyl groups excluding tert-OH is 1. The first-order valence-corrected chi connectivity index (χ1v) is 12.4. The van der Waals surface area contributed by atoms with Gasteiger partial charge in [-0.2, -0.15) is 10.2 Å². The van der Waals surface area contributed by atoms with Crippen molar-refractivity contribution < 1.29 is 19.4 Å². The maximum atomic E-state index is 11.9. The summed E-state index contributed by atoms with van der Waals surface area (Å²) >= 11 is 0. The number of ether oxygens (including phenoxy) is 2. The second kappa shape index (κ2) is 10.7. The lowest BCUT2D eigenvalue weighted by atomic mass is 9.95. The molecule has 2 atom stereocenters. The first-order chi connectivity index (χ1) is 17.1. The van der Waals surface area contributed by atoms with Crippen molar-refractivity contribution in [3.63, 3.8) is 0 Å². The number of nitrogens with two attached hydrogens (primary N) is 2. The monoisotopic (exact) mass is 496 g/mol. The van der Waals surface area contributed by atoms with Crippen molar-refractivity contribution in [3.05, 3.63) is 58.4 Å². The second-order valence-electron chi connectivity index (χ2n) is 10.3. The quantitative estimate of drug-likeness (QED) is 0.431. The number of nitrogen functional groups attached to an aromatic ring is 2. The van der Waals surface area contributed by atoms with Crippen LogP contribution in [-0.4, -0.2) is 49.0 Å². The van der Waals surface area contributed by atoms with E-state index in [1.165, 1.54) is 11.3 Å². The number of fused-ring (bicyclic) bond motifs is 2. The molecule has 2 aliphatic rings. The topological polar surface area (TPSA) is 154 Å². The number of aromatic nitrogens is 4. The van der Waals surface area contributed by atoms with Crippen molar-refractivity contribution in [2.24, 2.45) is 0 Å². The van der Waals surface area contributed by atoms with Crippen LogP contribution in [0.1, 0.15) is 61.7 Å². The minimum absolute atomic E-state index is 0.248. The van der Waals surface area contributed by atoms with E-state index < -0.39 is 17.8 Å². The van der Waals surface area contributed by atoms with Crippen molar-refractivity contribution in [1.82, 2.24) is 20.0 Å². The number of rotatable bonds is 3. The van der Waals surface area contributed by atoms with E-state index in [0.717, 1.165) is 40.8 Å². The van der Waals surface area contributed by atoms with Crippen LogP contribution in [0.3, 0.4) is 0 Å². The summed E-state index contributed by atoms with van der Waals surface area (Å²) in [5, 5.41) is 20.8. The van der Waals surface area contributed by atoms with Gasteiger partial charge in [0.1, 0.15) is 17.2 Å². The van der Waals surface area contributed by atoms with E-state index in [1.54, 1.807) is 20.8 Å². The van der Waals surface area contributed by atoms with Gasteiger partial charge in [0, 0.05) is 29.7 Å². The average molecular weight is 497 g/mol. The van der Waals surface area contributed by atoms with Crippen molar-refractivity contribution in [3.8, 4) is 0 Å². The molecule has 0 aliphatic heterocycles. The van der Waals surface area contributed by atoms with Crippen LogP contribution in [0.4, 0.5) is 16.4 Å². The number of nitrogens with zero attached hydrogens (tertiary/aromatic N) is 3. The smallest absolute Gasteiger partial charge is 0.437 e. The molecule has 10 heteroatoms. The molecule has 0 amide bonds. The zero-order valence-electron chi connectivity index (χ0n) is 21.2. The summed E-state index contributed by atoms with van der Waals surface area (Å²) < 4.78 is 12.3. The van der Waals surface area contributed by atoms with Gasteiger partial charge in [-0.1, -0.05) is 30.3 Å². The molecule has 2 heterocycles. The van der Waals surface area contributed by atoms with Gasteiger partial charge in [0.15, 0.2) is 0 Å². The Bertz CT molecular complexity index is 1180. The van der Waals surface area contributed by atoms with Crippen LogP contribution in [0.15, 0.2) is 30.3 Å². The van der Waals surface area contributed by atoms with Gasteiger partial charge in [0.2, 0.25) is 0 Å². The predicted octanol–water partition coefficient (Wildman–Crippen LogP) is 3.16. The zero-order chi connectivity index (χ0) is 25.9. The molecule has 0 saturated carbocycles. The third-order valence-corrected chi connectivity index (χ3v) is 6.29. The van der Waals surface area contributed by atoms with Crippen LogP contribution in [0.2, 0.25) is 0 Å². The zero-order valence-corrected chi connectivity index (χ0v) is 21.2. The number of aromatic amines is 1. The first-order valence-electron chi connectivity index (χ1n) is 12.4. The summed E-state index contributed by atoms with van der Waals surface area (Å²) in [6, 6.07) is 10.3. The van der Waals surface area contributed by atoms with Crippen LogP contribution < -0.4 is 11.5 Å². The fourth-order valence-corrected chi connectivity index (χ4v) is 4.44. The third-order valence-electron chi connectivity index (χ3n) is 6.29. The molecule has 1 aromatic carbocycles. The van der Waals surface area contributed by atoms with E-state index in [2.05, 4.69) is 27.4 Å². The highest BCUT2D eigenvalue weighted by molar-refractivity contribution is 5.75. The summed E-state index contributed by atoms with van der Waals surface area (Å²) in [5.41, 5.74) is 16.2. The van der Waals surface area contributed by atoms with Crippen molar-refractivity contribution in [2.45, 2.75) is 83.7 Å². The summed E-state index contributed by atoms with van der Waals surface area (Å²) in [7, 11) is 0. The minimum atomic E-state index is -0.588. The number of anilines is 2. The molecule has 6 N–H and O–H groups in total. The molecule has 3 aromatic rings. The molecular formula is C26H36N6O4. The molecule has 5 rings (SSSR count). The number of aryl methyl sites for hydroxylation is 2. The summed E-state index contributed by atoms with van der Waals surface area (Å²) in [6.07, 6.45) is 3.86. The summed E-state index contributed by atoms with van der Waals surface area (Å²) in [6.45, 7) is 6.02. The molecule has 0 spiro atoms. The maximum Gasteiger partial charge on any atom is 0.437 e. The van der Waals surface area contributed by atoms with Gasteiger partial charge in [-0.25, -0.2) is 4.79 Å². The van der Waals surface area contributed by atoms with Crippen LogP contribution >= 0.6 is 0 Å². The van der Waals surface area contributed by atoms with E-state index >= 15 is 0 Å². The number of hydrogen-bond acceptors (Lipinski definition) is 8. The SMILES string of the molecule is CC(C)(C)OC(=O)n1nc2c(c1N)CC(O)CC2.Nc1n[nH]c2c1CC(OCc1ccccc1)CC2. The highest BCUT2D eigenvalue weighted by Gasteiger charge is 2.28. The lowest BCUT2D eigenvalue weighted by Crippen LogP contribution is -2.28. The van der Waals surface area contributed by atoms with Crippen LogP contribution in [0.5, 0.6) is 0 Å². The fraction of sp³-hybridized carbons (Fsp3) is 0.500. The van der Waals surface area contributed by atoms with Crippen LogP contribution in [-0.2, 0) is 41.8 Å². The molecule has 2 aliphatic carbocycles. The van der Waals surface area contributed by atoms with Gasteiger partial charge in [0.25, 0.3) is 0 Å². The molecule has 0 bridgehead atoms.